The number of nitrogens with zero attached hydrogens (tertiary/aromatic N) is 2. The van der Waals surface area contributed by atoms with Gasteiger partial charge in [-0.3, -0.25) is 9.20 Å². The second kappa shape index (κ2) is 7.05. The average Bonchev–Trinajstić information content (AvgIpc) is 2.88. The fourth-order valence-electron chi connectivity index (χ4n) is 3.01. The number of rotatable bonds is 4. The van der Waals surface area contributed by atoms with Crippen molar-refractivity contribution in [3.8, 4) is 0 Å². The molecule has 26 heavy (non-hydrogen) atoms. The standard InChI is InChI=1S/C18H18BrN3O4/c1-9-16(11(3)23)10(2)20-17(9)18(25)26-8-13-6-15(24)22-7-12(19)4-5-14(22)21-13/h4-7,11,20,23H,8H2,1-3H3/t11-/m1/s1. The Kier molecular flexibility index (Phi) is 4.97. The zero-order valence-electron chi connectivity index (χ0n) is 14.5. The van der Waals surface area contributed by atoms with Crippen LogP contribution in [0.4, 0.5) is 0 Å². The maximum Gasteiger partial charge on any atom is 0.355 e. The monoisotopic (exact) mass is 419 g/mol. The largest absolute Gasteiger partial charge is 0.454 e. The maximum absolute atomic E-state index is 12.4. The van der Waals surface area contributed by atoms with Crippen LogP contribution >= 0.6 is 15.9 Å². The van der Waals surface area contributed by atoms with Gasteiger partial charge in [0.05, 0.1) is 11.8 Å². The number of hydrogen-bond donors (Lipinski definition) is 2. The Bertz CT molecular complexity index is 1050. The SMILES string of the molecule is Cc1[nH]c(C(=O)OCc2cc(=O)n3cc(Br)ccc3n2)c(C)c1[C@@H](C)O. The van der Waals surface area contributed by atoms with E-state index >= 15 is 0 Å². The normalized spacial score (nSPS) is 12.3. The molecule has 7 nitrogen and oxygen atoms in total. The summed E-state index contributed by atoms with van der Waals surface area (Å²) in [4.78, 5) is 31.8. The van der Waals surface area contributed by atoms with E-state index in [-0.39, 0.29) is 12.2 Å². The van der Waals surface area contributed by atoms with Crippen LogP contribution in [-0.2, 0) is 11.3 Å². The number of aromatic amines is 1. The molecule has 0 radical (unpaired) electrons. The number of ether oxygens (including phenoxy) is 1. The Morgan fingerprint density at radius 2 is 2.15 bits per heavy atom. The molecule has 3 aromatic heterocycles. The van der Waals surface area contributed by atoms with Crippen molar-refractivity contribution in [3.05, 3.63) is 67.4 Å². The van der Waals surface area contributed by atoms with Crippen LogP contribution in [0.2, 0.25) is 0 Å². The van der Waals surface area contributed by atoms with Gasteiger partial charge in [0.25, 0.3) is 5.56 Å². The first-order chi connectivity index (χ1) is 12.3. The molecule has 0 saturated heterocycles. The molecule has 3 aromatic rings. The van der Waals surface area contributed by atoms with Crippen molar-refractivity contribution in [2.24, 2.45) is 0 Å². The molecular weight excluding hydrogens is 402 g/mol. The number of nitrogens with one attached hydrogen (secondary N) is 1. The van der Waals surface area contributed by atoms with Gasteiger partial charge in [0, 0.05) is 28.0 Å². The molecular formula is C18H18BrN3O4. The van der Waals surface area contributed by atoms with Crippen LogP contribution in [0.1, 0.15) is 46.0 Å². The Morgan fingerprint density at radius 3 is 2.81 bits per heavy atom. The Balaban J connectivity index is 1.82. The highest BCUT2D eigenvalue weighted by molar-refractivity contribution is 9.10. The van der Waals surface area contributed by atoms with Gasteiger partial charge in [0.15, 0.2) is 0 Å². The van der Waals surface area contributed by atoms with E-state index in [0.717, 1.165) is 10.2 Å². The van der Waals surface area contributed by atoms with E-state index in [9.17, 15) is 14.7 Å². The average molecular weight is 420 g/mol. The lowest BCUT2D eigenvalue weighted by atomic mass is 10.1. The number of hydrogen-bond acceptors (Lipinski definition) is 5. The third-order valence-electron chi connectivity index (χ3n) is 4.15. The highest BCUT2D eigenvalue weighted by atomic mass is 79.9. The highest BCUT2D eigenvalue weighted by Crippen LogP contribution is 2.25. The third kappa shape index (κ3) is 3.42. The highest BCUT2D eigenvalue weighted by Gasteiger charge is 2.21. The molecule has 0 bridgehead atoms. The Labute approximate surface area is 157 Å². The Morgan fingerprint density at radius 1 is 1.42 bits per heavy atom. The smallest absolute Gasteiger partial charge is 0.355 e. The number of aromatic nitrogens is 3. The molecule has 0 aromatic carbocycles. The summed E-state index contributed by atoms with van der Waals surface area (Å²) in [6.45, 7) is 5.06. The molecule has 2 N–H and O–H groups in total. The molecule has 0 saturated carbocycles. The van der Waals surface area contributed by atoms with Gasteiger partial charge >= 0.3 is 5.97 Å². The molecule has 0 aliphatic heterocycles. The predicted octanol–water partition coefficient (Wildman–Crippen LogP) is 2.81. The summed E-state index contributed by atoms with van der Waals surface area (Å²) in [5.41, 5.74) is 2.92. The van der Waals surface area contributed by atoms with Crippen LogP contribution < -0.4 is 5.56 Å². The first kappa shape index (κ1) is 18.3. The molecule has 0 aliphatic rings. The number of aliphatic hydroxyl groups excluding tert-OH is 1. The number of aliphatic hydroxyl groups is 1. The minimum absolute atomic E-state index is 0.123. The van der Waals surface area contributed by atoms with Crippen LogP contribution in [0.3, 0.4) is 0 Å². The fourth-order valence-corrected chi connectivity index (χ4v) is 3.34. The number of H-pyrrole nitrogens is 1. The van der Waals surface area contributed by atoms with Gasteiger partial charge < -0.3 is 14.8 Å². The van der Waals surface area contributed by atoms with Gasteiger partial charge in [-0.1, -0.05) is 0 Å². The van der Waals surface area contributed by atoms with Crippen molar-refractivity contribution in [1.29, 1.82) is 0 Å². The van der Waals surface area contributed by atoms with E-state index in [2.05, 4.69) is 25.9 Å². The van der Waals surface area contributed by atoms with Crippen LogP contribution in [0.25, 0.3) is 5.65 Å². The molecule has 0 aliphatic carbocycles. The molecule has 1 atom stereocenters. The van der Waals surface area contributed by atoms with Crippen molar-refractivity contribution in [1.82, 2.24) is 14.4 Å². The van der Waals surface area contributed by atoms with Gasteiger partial charge in [-0.05, 0) is 54.4 Å². The van der Waals surface area contributed by atoms with E-state index < -0.39 is 12.1 Å². The van der Waals surface area contributed by atoms with E-state index in [0.29, 0.717) is 28.2 Å². The molecule has 8 heteroatoms. The Hall–Kier alpha value is -2.45. The first-order valence-electron chi connectivity index (χ1n) is 8.00. The van der Waals surface area contributed by atoms with Crippen molar-refractivity contribution >= 4 is 27.5 Å². The summed E-state index contributed by atoms with van der Waals surface area (Å²) in [5, 5.41) is 9.82. The molecule has 136 valence electrons. The van der Waals surface area contributed by atoms with Crippen LogP contribution in [-0.4, -0.2) is 25.4 Å². The fraction of sp³-hybridized carbons (Fsp3) is 0.278. The van der Waals surface area contributed by atoms with Crippen molar-refractivity contribution < 1.29 is 14.6 Å². The lowest BCUT2D eigenvalue weighted by molar-refractivity contribution is 0.0460. The lowest BCUT2D eigenvalue weighted by Crippen LogP contribution is -2.17. The summed E-state index contributed by atoms with van der Waals surface area (Å²) < 4.78 is 7.47. The van der Waals surface area contributed by atoms with Gasteiger partial charge in [-0.2, -0.15) is 0 Å². The van der Waals surface area contributed by atoms with Gasteiger partial charge in [-0.15, -0.1) is 0 Å². The van der Waals surface area contributed by atoms with E-state index in [1.807, 2.05) is 0 Å². The van der Waals surface area contributed by atoms with Crippen molar-refractivity contribution in [2.45, 2.75) is 33.5 Å². The summed E-state index contributed by atoms with van der Waals surface area (Å²) in [6.07, 6.45) is 0.942. The lowest BCUT2D eigenvalue weighted by Gasteiger charge is -2.07. The number of esters is 1. The van der Waals surface area contributed by atoms with E-state index in [1.165, 1.54) is 10.5 Å². The van der Waals surface area contributed by atoms with Crippen molar-refractivity contribution in [2.75, 3.05) is 0 Å². The predicted molar refractivity (Wildman–Crippen MR) is 99.2 cm³/mol. The summed E-state index contributed by atoms with van der Waals surface area (Å²) in [7, 11) is 0. The van der Waals surface area contributed by atoms with Crippen molar-refractivity contribution in [3.63, 3.8) is 0 Å². The van der Waals surface area contributed by atoms with Gasteiger partial charge in [0.2, 0.25) is 0 Å². The molecule has 0 fully saturated rings. The maximum atomic E-state index is 12.4. The van der Waals surface area contributed by atoms with Gasteiger partial charge in [-0.25, -0.2) is 9.78 Å². The number of carbonyl (C=O) groups excluding carboxylic acids is 1. The second-order valence-electron chi connectivity index (χ2n) is 6.08. The summed E-state index contributed by atoms with van der Waals surface area (Å²) in [6, 6.07) is 4.81. The van der Waals surface area contributed by atoms with E-state index in [4.69, 9.17) is 4.74 Å². The van der Waals surface area contributed by atoms with Crippen LogP contribution in [0.5, 0.6) is 0 Å². The molecule has 0 unspecified atom stereocenters. The number of halogens is 1. The number of fused-ring (bicyclic) bond motifs is 1. The first-order valence-corrected chi connectivity index (χ1v) is 8.79. The number of carbonyl (C=O) groups is 1. The van der Waals surface area contributed by atoms with Crippen LogP contribution in [0, 0.1) is 13.8 Å². The molecule has 3 heterocycles. The quantitative estimate of drug-likeness (QED) is 0.633. The second-order valence-corrected chi connectivity index (χ2v) is 6.99. The molecule has 0 spiro atoms. The van der Waals surface area contributed by atoms with Gasteiger partial charge in [0.1, 0.15) is 17.9 Å². The third-order valence-corrected chi connectivity index (χ3v) is 4.61. The number of aryl methyl sites for hydroxylation is 1. The van der Waals surface area contributed by atoms with E-state index in [1.54, 1.807) is 39.1 Å². The zero-order valence-corrected chi connectivity index (χ0v) is 16.1. The number of pyridine rings is 1. The summed E-state index contributed by atoms with van der Waals surface area (Å²) >= 11 is 3.31. The minimum Gasteiger partial charge on any atom is -0.454 e. The topological polar surface area (TPSA) is 96.7 Å². The minimum atomic E-state index is -0.686. The molecule has 3 rings (SSSR count). The zero-order chi connectivity index (χ0) is 19.0. The summed E-state index contributed by atoms with van der Waals surface area (Å²) in [5.74, 6) is -0.560. The molecule has 0 amide bonds. The van der Waals surface area contributed by atoms with Crippen LogP contribution in [0.15, 0.2) is 33.7 Å².